The summed E-state index contributed by atoms with van der Waals surface area (Å²) in [5.41, 5.74) is 0.728. The summed E-state index contributed by atoms with van der Waals surface area (Å²) in [6.07, 6.45) is 5.18. The second-order valence-corrected chi connectivity index (χ2v) is 6.14. The van der Waals surface area contributed by atoms with Gasteiger partial charge in [0.05, 0.1) is 19.0 Å². The molecule has 0 saturated heterocycles. The number of rotatable bonds is 9. The average molecular weight is 388 g/mol. The van der Waals surface area contributed by atoms with Crippen LogP contribution in [0.15, 0.2) is 39.0 Å². The summed E-state index contributed by atoms with van der Waals surface area (Å²) in [4.78, 5) is 38.0. The Labute approximate surface area is 161 Å². The molecule has 1 aromatic heterocycles. The number of benzene rings is 1. The van der Waals surface area contributed by atoms with Crippen LogP contribution in [0.5, 0.6) is 11.6 Å². The van der Waals surface area contributed by atoms with Crippen LogP contribution in [0.3, 0.4) is 0 Å². The van der Waals surface area contributed by atoms with Gasteiger partial charge in [0.25, 0.3) is 5.56 Å². The van der Waals surface area contributed by atoms with Gasteiger partial charge < -0.3 is 9.84 Å². The average Bonchev–Trinajstić information content (AvgIpc) is 2.67. The summed E-state index contributed by atoms with van der Waals surface area (Å²) in [5, 5.41) is 14.1. The number of amides is 1. The minimum absolute atomic E-state index is 0.256. The fourth-order valence-electron chi connectivity index (χ4n) is 2.58. The monoisotopic (exact) mass is 388 g/mol. The van der Waals surface area contributed by atoms with Crippen molar-refractivity contribution in [3.8, 4) is 17.3 Å². The molecule has 0 spiro atoms. The van der Waals surface area contributed by atoms with Crippen molar-refractivity contribution in [2.45, 2.75) is 39.0 Å². The fourth-order valence-corrected chi connectivity index (χ4v) is 2.58. The Morgan fingerprint density at radius 3 is 2.82 bits per heavy atom. The molecular formula is C19H24N4O5. The summed E-state index contributed by atoms with van der Waals surface area (Å²) in [6, 6.07) is 6.41. The summed E-state index contributed by atoms with van der Waals surface area (Å²) >= 11 is 0. The number of H-pyrrole nitrogens is 1. The van der Waals surface area contributed by atoms with Crippen LogP contribution in [0.4, 0.5) is 0 Å². The number of nitrogens with zero attached hydrogens (tertiary/aromatic N) is 2. The van der Waals surface area contributed by atoms with Crippen molar-refractivity contribution in [3.63, 3.8) is 0 Å². The fraction of sp³-hybridized carbons (Fsp3) is 0.368. The van der Waals surface area contributed by atoms with Crippen LogP contribution in [0.1, 0.15) is 44.6 Å². The molecule has 9 heteroatoms. The van der Waals surface area contributed by atoms with Crippen molar-refractivity contribution in [2.24, 2.45) is 5.10 Å². The number of unbranched alkanes of at least 4 members (excludes halogenated alkanes) is 3. The van der Waals surface area contributed by atoms with Crippen LogP contribution < -0.4 is 21.4 Å². The molecule has 2 aromatic rings. The summed E-state index contributed by atoms with van der Waals surface area (Å²) in [5.74, 6) is -0.409. The summed E-state index contributed by atoms with van der Waals surface area (Å²) in [6.45, 7) is 2.08. The zero-order chi connectivity index (χ0) is 20.5. The maximum atomic E-state index is 12.2. The lowest BCUT2D eigenvalue weighted by atomic mass is 10.1. The zero-order valence-corrected chi connectivity index (χ0v) is 15.9. The Balaban J connectivity index is 2.22. The van der Waals surface area contributed by atoms with Crippen molar-refractivity contribution < 1.29 is 14.6 Å². The van der Waals surface area contributed by atoms with Crippen molar-refractivity contribution in [3.05, 3.63) is 50.7 Å². The van der Waals surface area contributed by atoms with E-state index in [4.69, 9.17) is 4.74 Å². The molecule has 0 radical (unpaired) electrons. The number of carbonyl (C=O) groups is 1. The molecule has 0 aliphatic rings. The highest BCUT2D eigenvalue weighted by atomic mass is 16.5. The van der Waals surface area contributed by atoms with Gasteiger partial charge in [0.2, 0.25) is 11.8 Å². The lowest BCUT2D eigenvalue weighted by Gasteiger charge is -2.10. The number of carbonyl (C=O) groups excluding carboxylic acids is 1. The largest absolute Gasteiger partial charge is 0.497 e. The summed E-state index contributed by atoms with van der Waals surface area (Å²) < 4.78 is 6.02. The predicted octanol–water partition coefficient (Wildman–Crippen LogP) is 1.66. The van der Waals surface area contributed by atoms with E-state index in [-0.39, 0.29) is 11.5 Å². The molecule has 0 saturated carbocycles. The second-order valence-electron chi connectivity index (χ2n) is 6.14. The Bertz CT molecular complexity index is 962. The molecule has 2 rings (SSSR count). The van der Waals surface area contributed by atoms with E-state index in [1.807, 2.05) is 0 Å². The van der Waals surface area contributed by atoms with Gasteiger partial charge in [-0.3, -0.25) is 14.6 Å². The number of aromatic amines is 1. The molecule has 0 unspecified atom stereocenters. The number of aromatic nitrogens is 2. The van der Waals surface area contributed by atoms with Gasteiger partial charge in [-0.2, -0.15) is 5.10 Å². The zero-order valence-electron chi connectivity index (χ0n) is 15.9. The number of hydrazone groups is 1. The molecule has 150 valence electrons. The minimum atomic E-state index is -0.817. The molecule has 0 aliphatic heterocycles. The van der Waals surface area contributed by atoms with Gasteiger partial charge in [-0.15, -0.1) is 0 Å². The van der Waals surface area contributed by atoms with E-state index in [0.717, 1.165) is 36.5 Å². The van der Waals surface area contributed by atoms with E-state index in [0.29, 0.717) is 17.9 Å². The van der Waals surface area contributed by atoms with Gasteiger partial charge in [-0.25, -0.2) is 14.8 Å². The maximum Gasteiger partial charge on any atom is 0.335 e. The van der Waals surface area contributed by atoms with Gasteiger partial charge in [-0.05, 0) is 18.6 Å². The highest BCUT2D eigenvalue weighted by Gasteiger charge is 2.14. The maximum absolute atomic E-state index is 12.2. The quantitative estimate of drug-likeness (QED) is 0.342. The molecule has 0 aliphatic carbocycles. The van der Waals surface area contributed by atoms with E-state index in [1.165, 1.54) is 13.2 Å². The number of nitrogens with one attached hydrogen (secondary N) is 2. The second kappa shape index (κ2) is 10.1. The van der Waals surface area contributed by atoms with Crippen LogP contribution in [-0.4, -0.2) is 33.9 Å². The molecule has 1 heterocycles. The number of aromatic hydroxyl groups is 1. The van der Waals surface area contributed by atoms with Crippen molar-refractivity contribution >= 4 is 12.1 Å². The summed E-state index contributed by atoms with van der Waals surface area (Å²) in [7, 11) is 1.47. The third kappa shape index (κ3) is 5.32. The van der Waals surface area contributed by atoms with E-state index in [9.17, 15) is 19.5 Å². The highest BCUT2D eigenvalue weighted by molar-refractivity contribution is 5.84. The molecule has 1 aromatic carbocycles. The smallest absolute Gasteiger partial charge is 0.335 e. The van der Waals surface area contributed by atoms with E-state index in [1.54, 1.807) is 18.2 Å². The third-order valence-electron chi connectivity index (χ3n) is 4.07. The van der Waals surface area contributed by atoms with Crippen molar-refractivity contribution in [2.75, 3.05) is 7.11 Å². The van der Waals surface area contributed by atoms with Gasteiger partial charge in [0.1, 0.15) is 11.3 Å². The first-order valence-electron chi connectivity index (χ1n) is 9.02. The molecule has 28 heavy (non-hydrogen) atoms. The first-order chi connectivity index (χ1) is 13.5. The highest BCUT2D eigenvalue weighted by Crippen LogP contribution is 2.19. The number of ether oxygens (including phenoxy) is 1. The molecule has 3 N–H and O–H groups in total. The Morgan fingerprint density at radius 1 is 1.32 bits per heavy atom. The molecular weight excluding hydrogens is 364 g/mol. The van der Waals surface area contributed by atoms with Gasteiger partial charge >= 0.3 is 5.69 Å². The molecule has 0 fully saturated rings. The predicted molar refractivity (Wildman–Crippen MR) is 105 cm³/mol. The first-order valence-corrected chi connectivity index (χ1v) is 9.02. The lowest BCUT2D eigenvalue weighted by Crippen LogP contribution is -2.31. The molecule has 9 nitrogen and oxygen atoms in total. The third-order valence-corrected chi connectivity index (χ3v) is 4.07. The topological polar surface area (TPSA) is 126 Å². The standard InChI is InChI=1S/C19H24N4O5/c1-3-4-5-6-10-16(24)22-20-12-15-17(25)21-19(27)23(18(15)26)13-8-7-9-14(11-13)28-2/h7-9,11-12,26H,3-6,10H2,1-2H3,(H,22,24)(H,21,25,27)/b20-12+. The van der Waals surface area contributed by atoms with Crippen LogP contribution in [0.25, 0.3) is 5.69 Å². The number of hydrogen-bond donors (Lipinski definition) is 3. The van der Waals surface area contributed by atoms with Crippen LogP contribution in [0, 0.1) is 0 Å². The first kappa shape index (κ1) is 20.9. The Kier molecular flexibility index (Phi) is 7.55. The normalized spacial score (nSPS) is 10.9. The van der Waals surface area contributed by atoms with Crippen LogP contribution >= 0.6 is 0 Å². The molecule has 1 amide bonds. The SMILES string of the molecule is CCCCCCC(=O)N/N=C/c1c(O)n(-c2cccc(OC)c2)c(=O)[nH]c1=O. The molecule has 0 atom stereocenters. The van der Waals surface area contributed by atoms with Gasteiger partial charge in [0, 0.05) is 12.5 Å². The Hall–Kier alpha value is -3.36. The van der Waals surface area contributed by atoms with Crippen molar-refractivity contribution in [1.82, 2.24) is 15.0 Å². The van der Waals surface area contributed by atoms with E-state index in [2.05, 4.69) is 22.4 Å². The van der Waals surface area contributed by atoms with Gasteiger partial charge in [-0.1, -0.05) is 32.3 Å². The number of methoxy groups -OCH3 is 1. The Morgan fingerprint density at radius 2 is 2.11 bits per heavy atom. The number of hydrogen-bond acceptors (Lipinski definition) is 6. The van der Waals surface area contributed by atoms with Crippen LogP contribution in [0.2, 0.25) is 0 Å². The van der Waals surface area contributed by atoms with Gasteiger partial charge in [0.15, 0.2) is 0 Å². The van der Waals surface area contributed by atoms with Crippen molar-refractivity contribution in [1.29, 1.82) is 0 Å². The molecule has 0 bridgehead atoms. The van der Waals surface area contributed by atoms with E-state index < -0.39 is 17.1 Å². The van der Waals surface area contributed by atoms with E-state index >= 15 is 0 Å². The minimum Gasteiger partial charge on any atom is -0.497 e. The van der Waals surface area contributed by atoms with Crippen LogP contribution in [-0.2, 0) is 4.79 Å². The lowest BCUT2D eigenvalue weighted by molar-refractivity contribution is -0.121.